The minimum absolute atomic E-state index is 0.170. The van der Waals surface area contributed by atoms with Gasteiger partial charge in [0.1, 0.15) is 10.6 Å². The molecule has 0 atom stereocenters. The molecular weight excluding hydrogens is 349 g/mol. The first-order chi connectivity index (χ1) is 12.6. The van der Waals surface area contributed by atoms with Crippen molar-refractivity contribution in [2.24, 2.45) is 0 Å². The average Bonchev–Trinajstić information content (AvgIpc) is 3.07. The van der Waals surface area contributed by atoms with Crippen LogP contribution < -0.4 is 10.1 Å². The van der Waals surface area contributed by atoms with Gasteiger partial charge in [0, 0.05) is 23.1 Å². The molecule has 0 saturated carbocycles. The first kappa shape index (κ1) is 16.6. The molecule has 4 rings (SSSR count). The van der Waals surface area contributed by atoms with E-state index in [0.717, 1.165) is 17.5 Å². The highest BCUT2D eigenvalue weighted by molar-refractivity contribution is 7.17. The summed E-state index contributed by atoms with van der Waals surface area (Å²) in [4.78, 5) is 20.8. The molecular formula is C20H17FN3OS+. The summed E-state index contributed by atoms with van der Waals surface area (Å²) in [5.41, 5.74) is 2.68. The molecule has 6 heteroatoms. The molecule has 4 aromatic rings. The minimum Gasteiger partial charge on any atom is -0.305 e. The van der Waals surface area contributed by atoms with Crippen molar-refractivity contribution in [3.8, 4) is 11.1 Å². The molecule has 0 radical (unpaired) electrons. The number of pyridine rings is 1. The molecule has 0 amide bonds. The summed E-state index contributed by atoms with van der Waals surface area (Å²) in [5, 5.41) is 2.45. The number of hydrogen-bond acceptors (Lipinski definition) is 3. The fraction of sp³-hybridized carbons (Fsp3) is 0.150. The maximum atomic E-state index is 13.1. The normalized spacial score (nSPS) is 11.2. The van der Waals surface area contributed by atoms with Crippen molar-refractivity contribution in [1.82, 2.24) is 9.97 Å². The van der Waals surface area contributed by atoms with Crippen LogP contribution in [0.25, 0.3) is 21.3 Å². The molecule has 130 valence electrons. The van der Waals surface area contributed by atoms with Crippen molar-refractivity contribution in [3.63, 3.8) is 0 Å². The van der Waals surface area contributed by atoms with E-state index >= 15 is 0 Å². The Morgan fingerprint density at radius 3 is 2.58 bits per heavy atom. The summed E-state index contributed by atoms with van der Waals surface area (Å²) >= 11 is 1.42. The van der Waals surface area contributed by atoms with Crippen LogP contribution in [0.5, 0.6) is 0 Å². The van der Waals surface area contributed by atoms with Crippen LogP contribution in [-0.4, -0.2) is 9.97 Å². The largest absolute Gasteiger partial charge is 0.305 e. The summed E-state index contributed by atoms with van der Waals surface area (Å²) < 4.78 is 15.1. The Hall–Kier alpha value is -2.86. The summed E-state index contributed by atoms with van der Waals surface area (Å²) in [6.45, 7) is 2.61. The number of rotatable bonds is 4. The van der Waals surface area contributed by atoms with Crippen LogP contribution in [0.1, 0.15) is 18.3 Å². The number of aromatic nitrogens is 3. The number of fused-ring (bicyclic) bond motifs is 1. The Labute approximate surface area is 153 Å². The van der Waals surface area contributed by atoms with Crippen LogP contribution in [0.15, 0.2) is 59.0 Å². The highest BCUT2D eigenvalue weighted by Gasteiger charge is 2.14. The molecule has 0 aliphatic rings. The second-order valence-electron chi connectivity index (χ2n) is 6.08. The Morgan fingerprint density at radius 2 is 1.88 bits per heavy atom. The van der Waals surface area contributed by atoms with Crippen molar-refractivity contribution in [3.05, 3.63) is 81.7 Å². The van der Waals surface area contributed by atoms with Gasteiger partial charge >= 0.3 is 0 Å². The number of thiophene rings is 1. The van der Waals surface area contributed by atoms with Crippen LogP contribution >= 0.6 is 11.3 Å². The molecule has 0 fully saturated rings. The van der Waals surface area contributed by atoms with E-state index in [4.69, 9.17) is 0 Å². The molecule has 0 aliphatic heterocycles. The number of aryl methyl sites for hydroxylation is 1. The molecule has 0 bridgehead atoms. The predicted octanol–water partition coefficient (Wildman–Crippen LogP) is 3.69. The van der Waals surface area contributed by atoms with Crippen molar-refractivity contribution >= 4 is 21.6 Å². The van der Waals surface area contributed by atoms with Gasteiger partial charge in [-0.2, -0.15) is 4.57 Å². The molecule has 3 heterocycles. The van der Waals surface area contributed by atoms with Crippen molar-refractivity contribution in [1.29, 1.82) is 0 Å². The smallest absolute Gasteiger partial charge is 0.260 e. The third-order valence-corrected chi connectivity index (χ3v) is 5.22. The maximum Gasteiger partial charge on any atom is 0.260 e. The lowest BCUT2D eigenvalue weighted by molar-refractivity contribution is -0.689. The first-order valence-electron chi connectivity index (χ1n) is 8.38. The van der Waals surface area contributed by atoms with Gasteiger partial charge < -0.3 is 4.98 Å². The van der Waals surface area contributed by atoms with Gasteiger partial charge in [0.15, 0.2) is 18.2 Å². The second-order valence-corrected chi connectivity index (χ2v) is 6.94. The quantitative estimate of drug-likeness (QED) is 0.560. The molecule has 0 saturated heterocycles. The lowest BCUT2D eigenvalue weighted by Crippen LogP contribution is -2.35. The van der Waals surface area contributed by atoms with E-state index in [1.807, 2.05) is 22.3 Å². The van der Waals surface area contributed by atoms with E-state index in [9.17, 15) is 9.18 Å². The number of nitrogens with one attached hydrogen (secondary N) is 1. The zero-order chi connectivity index (χ0) is 18.1. The van der Waals surface area contributed by atoms with Gasteiger partial charge in [-0.15, -0.1) is 11.3 Å². The minimum atomic E-state index is -0.297. The molecule has 26 heavy (non-hydrogen) atoms. The van der Waals surface area contributed by atoms with E-state index in [1.54, 1.807) is 12.1 Å². The number of halogens is 1. The van der Waals surface area contributed by atoms with Crippen molar-refractivity contribution in [2.75, 3.05) is 0 Å². The lowest BCUT2D eigenvalue weighted by Gasteiger charge is -2.01. The van der Waals surface area contributed by atoms with Crippen LogP contribution in [0.3, 0.4) is 0 Å². The van der Waals surface area contributed by atoms with E-state index in [0.29, 0.717) is 22.6 Å². The Balaban J connectivity index is 1.71. The fourth-order valence-electron chi connectivity index (χ4n) is 2.91. The third-order valence-electron chi connectivity index (χ3n) is 4.35. The Morgan fingerprint density at radius 1 is 1.15 bits per heavy atom. The summed E-state index contributed by atoms with van der Waals surface area (Å²) in [6.07, 6.45) is 4.96. The predicted molar refractivity (Wildman–Crippen MR) is 101 cm³/mol. The number of nitrogens with zero attached hydrogens (tertiary/aromatic N) is 2. The molecule has 4 nitrogen and oxygen atoms in total. The molecule has 0 spiro atoms. The zero-order valence-corrected chi connectivity index (χ0v) is 15.0. The highest BCUT2D eigenvalue weighted by Crippen LogP contribution is 2.30. The van der Waals surface area contributed by atoms with Gasteiger partial charge in [-0.1, -0.05) is 19.1 Å². The average molecular weight is 366 g/mol. The van der Waals surface area contributed by atoms with Gasteiger partial charge in [-0.25, -0.2) is 9.37 Å². The molecule has 1 N–H and O–H groups in total. The van der Waals surface area contributed by atoms with Crippen LogP contribution in [0.2, 0.25) is 0 Å². The number of aromatic amines is 1. The summed E-state index contributed by atoms with van der Waals surface area (Å²) in [6, 6.07) is 10.3. The molecule has 3 aromatic heterocycles. The molecule has 0 aliphatic carbocycles. The van der Waals surface area contributed by atoms with Gasteiger partial charge in [-0.05, 0) is 29.7 Å². The van der Waals surface area contributed by atoms with E-state index in [2.05, 4.69) is 29.0 Å². The van der Waals surface area contributed by atoms with E-state index in [1.165, 1.54) is 29.0 Å². The molecule has 0 unspecified atom stereocenters. The number of benzene rings is 1. The van der Waals surface area contributed by atoms with Crippen LogP contribution in [0.4, 0.5) is 4.39 Å². The van der Waals surface area contributed by atoms with Gasteiger partial charge in [-0.3, -0.25) is 4.79 Å². The van der Waals surface area contributed by atoms with Crippen LogP contribution in [0, 0.1) is 5.82 Å². The monoisotopic (exact) mass is 366 g/mol. The molecule has 1 aromatic carbocycles. The third kappa shape index (κ3) is 3.15. The van der Waals surface area contributed by atoms with Crippen LogP contribution in [-0.2, 0) is 13.0 Å². The van der Waals surface area contributed by atoms with Crippen molar-refractivity contribution in [2.45, 2.75) is 19.9 Å². The SMILES string of the molecule is CCc1cc[n+](Cc2nc3scc(-c4ccc(F)cc4)c3c(=O)[nH]2)cc1. The summed E-state index contributed by atoms with van der Waals surface area (Å²) in [7, 11) is 0. The lowest BCUT2D eigenvalue weighted by atomic mass is 10.1. The standard InChI is InChI=1S/C20H16FN3OS/c1-2-13-7-9-24(10-8-13)11-17-22-19(25)18-16(12-26-20(18)23-17)14-3-5-15(21)6-4-14/h3-10,12H,2,11H2,1H3/p+1. The maximum absolute atomic E-state index is 13.1. The zero-order valence-electron chi connectivity index (χ0n) is 14.2. The second kappa shape index (κ2) is 6.80. The Bertz CT molecular complexity index is 1110. The van der Waals surface area contributed by atoms with Crippen molar-refractivity contribution < 1.29 is 8.96 Å². The Kier molecular flexibility index (Phi) is 4.34. The number of hydrogen-bond donors (Lipinski definition) is 1. The topological polar surface area (TPSA) is 49.6 Å². The van der Waals surface area contributed by atoms with Gasteiger partial charge in [0.05, 0.1) is 5.39 Å². The summed E-state index contributed by atoms with van der Waals surface area (Å²) in [5.74, 6) is 0.318. The first-order valence-corrected chi connectivity index (χ1v) is 9.26. The highest BCUT2D eigenvalue weighted by atomic mass is 32.1. The number of H-pyrrole nitrogens is 1. The van der Waals surface area contributed by atoms with Gasteiger partial charge in [0.25, 0.3) is 5.56 Å². The van der Waals surface area contributed by atoms with E-state index < -0.39 is 0 Å². The van der Waals surface area contributed by atoms with Gasteiger partial charge in [0.2, 0.25) is 6.54 Å². The van der Waals surface area contributed by atoms with E-state index in [-0.39, 0.29) is 11.4 Å². The fourth-order valence-corrected chi connectivity index (χ4v) is 3.88.